The Bertz CT molecular complexity index is 969. The van der Waals surface area contributed by atoms with E-state index in [1.54, 1.807) is 12.1 Å². The molecule has 1 N–H and O–H groups in total. The molecule has 3 rings (SSSR count). The van der Waals surface area contributed by atoms with Gasteiger partial charge in [0.25, 0.3) is 0 Å². The Morgan fingerprint density at radius 1 is 1.12 bits per heavy atom. The van der Waals surface area contributed by atoms with Crippen molar-refractivity contribution in [3.8, 4) is 5.75 Å². The molecular formula is C16H11Cl3N4OS. The lowest BCUT2D eigenvalue weighted by molar-refractivity contribution is 0.290. The summed E-state index contributed by atoms with van der Waals surface area (Å²) in [5.41, 5.74) is 0.494. The third-order valence-corrected chi connectivity index (χ3v) is 4.62. The summed E-state index contributed by atoms with van der Waals surface area (Å²) in [6, 6.07) is 12.6. The number of nitrogens with one attached hydrogen (secondary N) is 1. The molecule has 0 unspecified atom stereocenters. The molecule has 1 heterocycles. The summed E-state index contributed by atoms with van der Waals surface area (Å²) in [6.45, 7) is 0.186. The molecule has 0 saturated carbocycles. The van der Waals surface area contributed by atoms with E-state index in [9.17, 15) is 0 Å². The van der Waals surface area contributed by atoms with Crippen molar-refractivity contribution in [3.05, 3.63) is 73.7 Å². The van der Waals surface area contributed by atoms with E-state index in [4.69, 9.17) is 51.8 Å². The Morgan fingerprint density at radius 2 is 1.84 bits per heavy atom. The third kappa shape index (κ3) is 4.22. The predicted molar refractivity (Wildman–Crippen MR) is 103 cm³/mol. The van der Waals surface area contributed by atoms with Crippen LogP contribution in [0.15, 0.2) is 47.6 Å². The number of hydrogen-bond donors (Lipinski definition) is 1. The van der Waals surface area contributed by atoms with Crippen LogP contribution in [-0.4, -0.2) is 21.1 Å². The molecule has 128 valence electrons. The quantitative estimate of drug-likeness (QED) is 0.348. The van der Waals surface area contributed by atoms with Crippen LogP contribution in [0.5, 0.6) is 5.75 Å². The number of halogens is 3. The van der Waals surface area contributed by atoms with E-state index in [1.165, 1.54) is 10.9 Å². The number of aromatic nitrogens is 3. The molecule has 0 aliphatic carbocycles. The number of para-hydroxylation sites is 1. The van der Waals surface area contributed by atoms with Gasteiger partial charge in [-0.1, -0.05) is 53.0 Å². The van der Waals surface area contributed by atoms with Crippen molar-refractivity contribution in [2.24, 2.45) is 5.10 Å². The molecule has 0 fully saturated rings. The van der Waals surface area contributed by atoms with Crippen LogP contribution in [0.3, 0.4) is 0 Å². The monoisotopic (exact) mass is 412 g/mol. The average Bonchev–Trinajstić information content (AvgIpc) is 2.97. The van der Waals surface area contributed by atoms with E-state index in [1.807, 2.05) is 30.3 Å². The van der Waals surface area contributed by atoms with E-state index in [0.29, 0.717) is 37.0 Å². The highest BCUT2D eigenvalue weighted by Crippen LogP contribution is 2.30. The molecule has 0 atom stereocenters. The van der Waals surface area contributed by atoms with Crippen LogP contribution >= 0.6 is 47.0 Å². The van der Waals surface area contributed by atoms with Crippen molar-refractivity contribution in [3.63, 3.8) is 0 Å². The highest BCUT2D eigenvalue weighted by molar-refractivity contribution is 7.71. The van der Waals surface area contributed by atoms with E-state index < -0.39 is 0 Å². The minimum absolute atomic E-state index is 0.186. The smallest absolute Gasteiger partial charge is 0.216 e. The summed E-state index contributed by atoms with van der Waals surface area (Å²) >= 11 is 23.5. The number of hydrogen-bond acceptors (Lipinski definition) is 4. The van der Waals surface area contributed by atoms with Gasteiger partial charge in [-0.25, -0.2) is 5.10 Å². The summed E-state index contributed by atoms with van der Waals surface area (Å²) in [5.74, 6) is 1.22. The molecule has 1 aromatic heterocycles. The van der Waals surface area contributed by atoms with Crippen molar-refractivity contribution < 1.29 is 4.74 Å². The zero-order chi connectivity index (χ0) is 17.8. The molecule has 0 radical (unpaired) electrons. The highest BCUT2D eigenvalue weighted by atomic mass is 35.5. The van der Waals surface area contributed by atoms with Gasteiger partial charge in [-0.3, -0.25) is 0 Å². The van der Waals surface area contributed by atoms with Gasteiger partial charge in [0, 0.05) is 5.56 Å². The van der Waals surface area contributed by atoms with E-state index >= 15 is 0 Å². The summed E-state index contributed by atoms with van der Waals surface area (Å²) in [5, 5.41) is 12.2. The molecule has 0 aliphatic rings. The molecule has 3 aromatic rings. The van der Waals surface area contributed by atoms with Gasteiger partial charge in [-0.2, -0.15) is 14.9 Å². The standard InChI is InChI=1S/C16H11Cl3N4OS/c17-12-6-7-13(18)15(19)11(12)8-20-23-14(21-22-16(23)25)9-24-10-4-2-1-3-5-10/h1-8H,9H2,(H,22,25)/b20-8-. The van der Waals surface area contributed by atoms with Crippen LogP contribution in [0.2, 0.25) is 15.1 Å². The van der Waals surface area contributed by atoms with Crippen molar-refractivity contribution >= 4 is 53.2 Å². The molecule has 0 spiro atoms. The lowest BCUT2D eigenvalue weighted by Gasteiger charge is -2.06. The molecule has 0 aliphatic heterocycles. The minimum atomic E-state index is 0.186. The number of benzene rings is 2. The summed E-state index contributed by atoms with van der Waals surface area (Å²) in [6.07, 6.45) is 1.48. The first-order valence-electron chi connectivity index (χ1n) is 7.08. The molecule has 0 saturated heterocycles. The maximum absolute atomic E-state index is 6.17. The Hall–Kier alpha value is -1.86. The second-order valence-corrected chi connectivity index (χ2v) is 6.44. The first kappa shape index (κ1) is 17.9. The Kier molecular flexibility index (Phi) is 5.75. The zero-order valence-corrected chi connectivity index (χ0v) is 15.7. The topological polar surface area (TPSA) is 55.2 Å². The van der Waals surface area contributed by atoms with Gasteiger partial charge in [0.2, 0.25) is 4.77 Å². The predicted octanol–water partition coefficient (Wildman–Crippen LogP) is 5.36. The third-order valence-electron chi connectivity index (χ3n) is 3.21. The van der Waals surface area contributed by atoms with Crippen LogP contribution in [0.25, 0.3) is 0 Å². The normalized spacial score (nSPS) is 11.2. The first-order chi connectivity index (χ1) is 12.1. The number of nitrogens with zero attached hydrogens (tertiary/aromatic N) is 3. The van der Waals surface area contributed by atoms with Crippen LogP contribution in [0.1, 0.15) is 11.4 Å². The second-order valence-electron chi connectivity index (χ2n) is 4.86. The fraction of sp³-hybridized carbons (Fsp3) is 0.0625. The Morgan fingerprint density at radius 3 is 2.60 bits per heavy atom. The number of H-pyrrole nitrogens is 1. The van der Waals surface area contributed by atoms with Crippen LogP contribution < -0.4 is 4.74 Å². The van der Waals surface area contributed by atoms with E-state index in [-0.39, 0.29) is 6.61 Å². The van der Waals surface area contributed by atoms with Crippen molar-refractivity contribution in [1.29, 1.82) is 0 Å². The molecule has 5 nitrogen and oxygen atoms in total. The van der Waals surface area contributed by atoms with Crippen molar-refractivity contribution in [1.82, 2.24) is 14.9 Å². The van der Waals surface area contributed by atoms with Gasteiger partial charge in [-0.05, 0) is 36.5 Å². The molecular weight excluding hydrogens is 403 g/mol. The van der Waals surface area contributed by atoms with Crippen molar-refractivity contribution in [2.45, 2.75) is 6.61 Å². The SMILES string of the molecule is S=c1[nH]nc(COc2ccccc2)n1/N=C\c1c(Cl)ccc(Cl)c1Cl. The van der Waals surface area contributed by atoms with Gasteiger partial charge in [0.1, 0.15) is 12.4 Å². The highest BCUT2D eigenvalue weighted by Gasteiger charge is 2.09. The van der Waals surface area contributed by atoms with Crippen LogP contribution in [-0.2, 0) is 6.61 Å². The van der Waals surface area contributed by atoms with Gasteiger partial charge < -0.3 is 4.74 Å². The summed E-state index contributed by atoms with van der Waals surface area (Å²) in [4.78, 5) is 0. The fourth-order valence-electron chi connectivity index (χ4n) is 1.98. The van der Waals surface area contributed by atoms with Crippen LogP contribution in [0.4, 0.5) is 0 Å². The van der Waals surface area contributed by atoms with E-state index in [0.717, 1.165) is 0 Å². The second kappa shape index (κ2) is 8.01. The first-order valence-corrected chi connectivity index (χ1v) is 8.62. The van der Waals surface area contributed by atoms with Gasteiger partial charge in [0.05, 0.1) is 21.3 Å². The number of rotatable bonds is 5. The van der Waals surface area contributed by atoms with E-state index in [2.05, 4.69) is 15.3 Å². The molecule has 9 heteroatoms. The van der Waals surface area contributed by atoms with Crippen molar-refractivity contribution in [2.75, 3.05) is 0 Å². The average molecular weight is 414 g/mol. The molecule has 25 heavy (non-hydrogen) atoms. The van der Waals surface area contributed by atoms with Gasteiger partial charge in [0.15, 0.2) is 5.82 Å². The maximum Gasteiger partial charge on any atom is 0.216 e. The largest absolute Gasteiger partial charge is 0.486 e. The molecule has 0 bridgehead atoms. The minimum Gasteiger partial charge on any atom is -0.486 e. The lowest BCUT2D eigenvalue weighted by atomic mass is 10.2. The number of aromatic amines is 1. The summed E-state index contributed by atoms with van der Waals surface area (Å²) in [7, 11) is 0. The maximum atomic E-state index is 6.17. The number of ether oxygens (including phenoxy) is 1. The summed E-state index contributed by atoms with van der Waals surface area (Å²) < 4.78 is 7.42. The fourth-order valence-corrected chi connectivity index (χ4v) is 2.81. The molecule has 0 amide bonds. The zero-order valence-electron chi connectivity index (χ0n) is 12.6. The van der Waals surface area contributed by atoms with Crippen LogP contribution in [0, 0.1) is 4.77 Å². The Labute approximate surface area is 163 Å². The van der Waals surface area contributed by atoms with Gasteiger partial charge in [-0.15, -0.1) is 0 Å². The lowest BCUT2D eigenvalue weighted by Crippen LogP contribution is -2.04. The molecule has 2 aromatic carbocycles. The van der Waals surface area contributed by atoms with Gasteiger partial charge >= 0.3 is 0 Å². The Balaban J connectivity index is 1.85.